The van der Waals surface area contributed by atoms with Crippen LogP contribution in [-0.4, -0.2) is 16.0 Å². The molecular formula is C12H17N3. The van der Waals surface area contributed by atoms with Crippen LogP contribution < -0.4 is 5.32 Å². The maximum absolute atomic E-state index is 4.04. The molecule has 0 spiro atoms. The number of hydrogen-bond acceptors (Lipinski definition) is 2. The van der Waals surface area contributed by atoms with Gasteiger partial charge in [0.25, 0.3) is 0 Å². The molecule has 2 bridgehead atoms. The van der Waals surface area contributed by atoms with E-state index in [4.69, 9.17) is 0 Å². The molecule has 0 saturated heterocycles. The molecular weight excluding hydrogens is 186 g/mol. The van der Waals surface area contributed by atoms with Crippen LogP contribution in [-0.2, 0) is 6.54 Å². The zero-order valence-corrected chi connectivity index (χ0v) is 8.82. The zero-order chi connectivity index (χ0) is 9.83. The van der Waals surface area contributed by atoms with Gasteiger partial charge in [0.2, 0.25) is 0 Å². The van der Waals surface area contributed by atoms with Gasteiger partial charge in [0.1, 0.15) is 0 Å². The number of aromatic nitrogens is 2. The third-order valence-electron chi connectivity index (χ3n) is 4.82. The molecule has 1 aromatic rings. The quantitative estimate of drug-likeness (QED) is 0.782. The lowest BCUT2D eigenvalue weighted by atomic mass is 10.0. The molecule has 4 atom stereocenters. The average molecular weight is 203 g/mol. The van der Waals surface area contributed by atoms with Crippen LogP contribution in [0, 0.1) is 23.7 Å². The van der Waals surface area contributed by atoms with Gasteiger partial charge < -0.3 is 10.3 Å². The van der Waals surface area contributed by atoms with Crippen molar-refractivity contribution in [2.45, 2.75) is 31.8 Å². The van der Waals surface area contributed by atoms with Crippen molar-refractivity contribution < 1.29 is 0 Å². The van der Waals surface area contributed by atoms with Gasteiger partial charge >= 0.3 is 0 Å². The Hall–Kier alpha value is -0.830. The Kier molecular flexibility index (Phi) is 1.58. The molecule has 0 aromatic carbocycles. The first-order valence-electron chi connectivity index (χ1n) is 6.14. The normalized spacial score (nSPS) is 45.7. The van der Waals surface area contributed by atoms with Crippen molar-refractivity contribution in [1.82, 2.24) is 15.3 Å². The number of fused-ring (bicyclic) bond motifs is 5. The molecule has 0 radical (unpaired) electrons. The molecule has 1 heterocycles. The molecule has 1 aromatic heterocycles. The number of H-pyrrole nitrogens is 1. The van der Waals surface area contributed by atoms with Gasteiger partial charge in [-0.25, -0.2) is 4.98 Å². The van der Waals surface area contributed by atoms with Gasteiger partial charge in [-0.1, -0.05) is 0 Å². The van der Waals surface area contributed by atoms with E-state index in [9.17, 15) is 0 Å². The van der Waals surface area contributed by atoms with Crippen LogP contribution >= 0.6 is 0 Å². The lowest BCUT2D eigenvalue weighted by molar-refractivity contribution is 0.456. The van der Waals surface area contributed by atoms with E-state index in [0.717, 1.165) is 36.3 Å². The highest BCUT2D eigenvalue weighted by Gasteiger charge is 2.64. The molecule has 3 aliphatic rings. The maximum Gasteiger partial charge on any atom is 0.0922 e. The fourth-order valence-electron chi connectivity index (χ4n) is 4.21. The Balaban J connectivity index is 1.39. The van der Waals surface area contributed by atoms with Crippen LogP contribution in [0.25, 0.3) is 0 Å². The topological polar surface area (TPSA) is 40.7 Å². The lowest BCUT2D eigenvalue weighted by Gasteiger charge is -2.09. The fraction of sp³-hybridized carbons (Fsp3) is 0.750. The first-order chi connectivity index (χ1) is 7.43. The Labute approximate surface area is 89.7 Å². The van der Waals surface area contributed by atoms with Gasteiger partial charge in [-0.2, -0.15) is 0 Å². The summed E-state index contributed by atoms with van der Waals surface area (Å²) in [5.41, 5.74) is 1.22. The Bertz CT molecular complexity index is 343. The van der Waals surface area contributed by atoms with Gasteiger partial charge in [-0.05, 0) is 42.9 Å². The number of rotatable bonds is 3. The monoisotopic (exact) mass is 203 g/mol. The number of nitrogens with one attached hydrogen (secondary N) is 2. The van der Waals surface area contributed by atoms with Crippen LogP contribution in [0.5, 0.6) is 0 Å². The second kappa shape index (κ2) is 2.85. The first kappa shape index (κ1) is 8.34. The van der Waals surface area contributed by atoms with Gasteiger partial charge in [-0.15, -0.1) is 0 Å². The molecule has 4 rings (SSSR count). The van der Waals surface area contributed by atoms with Crippen molar-refractivity contribution in [1.29, 1.82) is 0 Å². The second-order valence-corrected chi connectivity index (χ2v) is 5.47. The van der Waals surface area contributed by atoms with Crippen molar-refractivity contribution in [2.24, 2.45) is 23.7 Å². The number of hydrogen-bond donors (Lipinski definition) is 2. The summed E-state index contributed by atoms with van der Waals surface area (Å²) in [4.78, 5) is 7.19. The molecule has 3 heteroatoms. The van der Waals surface area contributed by atoms with Gasteiger partial charge in [0.05, 0.1) is 6.33 Å². The third kappa shape index (κ3) is 1.13. The van der Waals surface area contributed by atoms with E-state index in [1.165, 1.54) is 25.0 Å². The molecule has 0 amide bonds. The summed E-state index contributed by atoms with van der Waals surface area (Å²) < 4.78 is 0. The molecule has 4 unspecified atom stereocenters. The Morgan fingerprint density at radius 1 is 1.33 bits per heavy atom. The second-order valence-electron chi connectivity index (χ2n) is 5.47. The van der Waals surface area contributed by atoms with Gasteiger partial charge in [0.15, 0.2) is 0 Å². The van der Waals surface area contributed by atoms with Crippen LogP contribution in [0.2, 0.25) is 0 Å². The van der Waals surface area contributed by atoms with Crippen molar-refractivity contribution in [2.75, 3.05) is 0 Å². The van der Waals surface area contributed by atoms with Crippen LogP contribution in [0.3, 0.4) is 0 Å². The Morgan fingerprint density at radius 2 is 2.13 bits per heavy atom. The highest BCUT2D eigenvalue weighted by Crippen LogP contribution is 2.65. The largest absolute Gasteiger partial charge is 0.347 e. The smallest absolute Gasteiger partial charge is 0.0922 e. The number of imidazole rings is 1. The summed E-state index contributed by atoms with van der Waals surface area (Å²) in [5, 5.41) is 3.69. The molecule has 3 nitrogen and oxygen atoms in total. The van der Waals surface area contributed by atoms with Gasteiger partial charge in [-0.3, -0.25) is 0 Å². The minimum absolute atomic E-state index is 0.833. The van der Waals surface area contributed by atoms with E-state index >= 15 is 0 Å². The van der Waals surface area contributed by atoms with Crippen LogP contribution in [0.4, 0.5) is 0 Å². The summed E-state index contributed by atoms with van der Waals surface area (Å²) in [7, 11) is 0. The minimum Gasteiger partial charge on any atom is -0.347 e. The van der Waals surface area contributed by atoms with Crippen molar-refractivity contribution >= 4 is 0 Å². The predicted octanol–water partition coefficient (Wildman–Crippen LogP) is 1.54. The van der Waals surface area contributed by atoms with Crippen LogP contribution in [0.15, 0.2) is 12.5 Å². The highest BCUT2D eigenvalue weighted by molar-refractivity contribution is 5.17. The Morgan fingerprint density at radius 3 is 2.80 bits per heavy atom. The van der Waals surface area contributed by atoms with Crippen molar-refractivity contribution in [3.63, 3.8) is 0 Å². The summed E-state index contributed by atoms with van der Waals surface area (Å²) >= 11 is 0. The summed E-state index contributed by atoms with van der Waals surface area (Å²) in [5.74, 6) is 4.21. The first-order valence-corrected chi connectivity index (χ1v) is 6.14. The zero-order valence-electron chi connectivity index (χ0n) is 8.82. The third-order valence-corrected chi connectivity index (χ3v) is 4.82. The predicted molar refractivity (Wildman–Crippen MR) is 57.0 cm³/mol. The van der Waals surface area contributed by atoms with E-state index in [1.807, 2.05) is 6.20 Å². The molecule has 2 N–H and O–H groups in total. The molecule has 80 valence electrons. The van der Waals surface area contributed by atoms with Gasteiger partial charge in [0, 0.05) is 24.5 Å². The van der Waals surface area contributed by atoms with Crippen molar-refractivity contribution in [3.8, 4) is 0 Å². The van der Waals surface area contributed by atoms with E-state index in [0.29, 0.717) is 0 Å². The molecule has 3 fully saturated rings. The van der Waals surface area contributed by atoms with E-state index in [2.05, 4.69) is 15.3 Å². The number of aromatic amines is 1. The van der Waals surface area contributed by atoms with E-state index < -0.39 is 0 Å². The maximum atomic E-state index is 4.04. The van der Waals surface area contributed by atoms with E-state index in [-0.39, 0.29) is 0 Å². The molecule has 3 aliphatic carbocycles. The summed E-state index contributed by atoms with van der Waals surface area (Å²) in [6.45, 7) is 0.969. The highest BCUT2D eigenvalue weighted by atomic mass is 15.0. The standard InChI is InChI=1S/C12H17N3/c1-2-8-3-7(1)10-11(8)12(10)14-5-9-4-13-6-15-9/h4,6-8,10-12,14H,1-3,5H2,(H,13,15). The summed E-state index contributed by atoms with van der Waals surface area (Å²) in [6, 6.07) is 0.833. The summed E-state index contributed by atoms with van der Waals surface area (Å²) in [6.07, 6.45) is 8.23. The average Bonchev–Trinajstić information content (AvgIpc) is 2.72. The fourth-order valence-corrected chi connectivity index (χ4v) is 4.21. The van der Waals surface area contributed by atoms with Crippen molar-refractivity contribution in [3.05, 3.63) is 18.2 Å². The SMILES string of the molecule is c1ncc(CNC2C3C4CCC(C4)C23)[nH]1. The molecule has 3 saturated carbocycles. The van der Waals surface area contributed by atoms with E-state index in [1.54, 1.807) is 6.33 Å². The lowest BCUT2D eigenvalue weighted by Crippen LogP contribution is -2.22. The molecule has 15 heavy (non-hydrogen) atoms. The van der Waals surface area contributed by atoms with Crippen LogP contribution in [0.1, 0.15) is 25.0 Å². The number of nitrogens with zero attached hydrogens (tertiary/aromatic N) is 1. The molecule has 0 aliphatic heterocycles. The minimum atomic E-state index is 0.833.